The molecule has 4 nitrogen and oxygen atoms in total. The molecule has 0 aromatic rings. The van der Waals surface area contributed by atoms with E-state index in [0.29, 0.717) is 0 Å². The second-order valence-electron chi connectivity index (χ2n) is 4.39. The number of hydroxylamine groups is 1. The molecule has 0 fully saturated rings. The Morgan fingerprint density at radius 3 is 2.08 bits per heavy atom. The number of nitrogens with one attached hydrogen (secondary N) is 1. The Kier molecular flexibility index (Phi) is 4.36. The lowest BCUT2D eigenvalue weighted by Gasteiger charge is -2.24. The van der Waals surface area contributed by atoms with Gasteiger partial charge in [-0.2, -0.15) is 5.48 Å². The van der Waals surface area contributed by atoms with E-state index < -0.39 is 12.0 Å². The molecule has 0 amide bonds. The van der Waals surface area contributed by atoms with Crippen molar-refractivity contribution in [1.82, 2.24) is 5.48 Å². The molecule has 0 aliphatic carbocycles. The molecule has 0 spiro atoms. The van der Waals surface area contributed by atoms with Gasteiger partial charge in [-0.25, -0.2) is 0 Å². The maximum atomic E-state index is 10.7. The van der Waals surface area contributed by atoms with Gasteiger partial charge in [-0.3, -0.25) is 9.63 Å². The third-order valence-corrected chi connectivity index (χ3v) is 1.42. The molecule has 0 heterocycles. The molecule has 0 saturated carbocycles. The lowest BCUT2D eigenvalue weighted by Crippen LogP contribution is -2.44. The first-order valence-electron chi connectivity index (χ1n) is 4.40. The quantitative estimate of drug-likeness (QED) is 0.656. The fourth-order valence-electron chi connectivity index (χ4n) is 0.712. The number of carbonyl (C=O) groups is 1. The highest BCUT2D eigenvalue weighted by atomic mass is 16.7. The molecule has 0 radical (unpaired) electrons. The highest BCUT2D eigenvalue weighted by molar-refractivity contribution is 5.73. The zero-order valence-corrected chi connectivity index (χ0v) is 8.92. The third kappa shape index (κ3) is 5.60. The number of carboxylic acid groups (broad SMARTS) is 1. The van der Waals surface area contributed by atoms with E-state index in [4.69, 9.17) is 9.94 Å². The summed E-state index contributed by atoms with van der Waals surface area (Å²) in [7, 11) is 0. The average Bonchev–Trinajstić information content (AvgIpc) is 1.82. The van der Waals surface area contributed by atoms with Crippen LogP contribution in [0.25, 0.3) is 0 Å². The molecule has 0 aliphatic rings. The van der Waals surface area contributed by atoms with E-state index >= 15 is 0 Å². The first-order valence-corrected chi connectivity index (χ1v) is 4.40. The molecule has 4 heteroatoms. The van der Waals surface area contributed by atoms with Crippen LogP contribution < -0.4 is 5.48 Å². The van der Waals surface area contributed by atoms with Gasteiger partial charge in [0.15, 0.2) is 0 Å². The molecular weight excluding hydrogens is 170 g/mol. The SMILES string of the molecule is CC(C)[C@H](NOC(C)(C)C)C(=O)O. The van der Waals surface area contributed by atoms with Crippen LogP contribution in [-0.2, 0) is 9.63 Å². The molecule has 0 bridgehead atoms. The van der Waals surface area contributed by atoms with E-state index in [2.05, 4.69) is 5.48 Å². The molecule has 0 aromatic carbocycles. The largest absolute Gasteiger partial charge is 0.480 e. The molecule has 13 heavy (non-hydrogen) atoms. The maximum Gasteiger partial charge on any atom is 0.323 e. The summed E-state index contributed by atoms with van der Waals surface area (Å²) in [6.45, 7) is 9.24. The molecule has 0 saturated heterocycles. The van der Waals surface area contributed by atoms with Crippen LogP contribution in [0.3, 0.4) is 0 Å². The number of hydrogen-bond donors (Lipinski definition) is 2. The van der Waals surface area contributed by atoms with Crippen LogP contribution in [-0.4, -0.2) is 22.7 Å². The van der Waals surface area contributed by atoms with Gasteiger partial charge in [-0.1, -0.05) is 13.8 Å². The lowest BCUT2D eigenvalue weighted by atomic mass is 10.1. The molecule has 1 atom stereocenters. The van der Waals surface area contributed by atoms with Crippen molar-refractivity contribution in [2.24, 2.45) is 5.92 Å². The zero-order chi connectivity index (χ0) is 10.6. The second kappa shape index (κ2) is 4.58. The van der Waals surface area contributed by atoms with Crippen molar-refractivity contribution in [3.8, 4) is 0 Å². The minimum absolute atomic E-state index is 0.000139. The van der Waals surface area contributed by atoms with E-state index in [0.717, 1.165) is 0 Å². The van der Waals surface area contributed by atoms with Crippen molar-refractivity contribution in [3.63, 3.8) is 0 Å². The van der Waals surface area contributed by atoms with Crippen molar-refractivity contribution in [1.29, 1.82) is 0 Å². The average molecular weight is 189 g/mol. The van der Waals surface area contributed by atoms with Crippen LogP contribution in [0.2, 0.25) is 0 Å². The number of rotatable bonds is 4. The van der Waals surface area contributed by atoms with Gasteiger partial charge in [0, 0.05) is 0 Å². The Bertz CT molecular complexity index is 172. The Hall–Kier alpha value is -0.610. The van der Waals surface area contributed by atoms with Gasteiger partial charge in [0.2, 0.25) is 0 Å². The lowest BCUT2D eigenvalue weighted by molar-refractivity contribution is -0.152. The van der Waals surface area contributed by atoms with Crippen molar-refractivity contribution in [2.75, 3.05) is 0 Å². The van der Waals surface area contributed by atoms with E-state index in [9.17, 15) is 4.79 Å². The third-order valence-electron chi connectivity index (χ3n) is 1.42. The minimum Gasteiger partial charge on any atom is -0.480 e. The van der Waals surface area contributed by atoms with Gasteiger partial charge in [-0.05, 0) is 26.7 Å². The van der Waals surface area contributed by atoms with Crippen molar-refractivity contribution in [2.45, 2.75) is 46.3 Å². The second-order valence-corrected chi connectivity index (χ2v) is 4.39. The first kappa shape index (κ1) is 12.4. The van der Waals surface area contributed by atoms with Crippen molar-refractivity contribution in [3.05, 3.63) is 0 Å². The maximum absolute atomic E-state index is 10.7. The van der Waals surface area contributed by atoms with Crippen LogP contribution >= 0.6 is 0 Å². The van der Waals surface area contributed by atoms with Crippen LogP contribution in [0, 0.1) is 5.92 Å². The molecule has 0 aromatic heterocycles. The Morgan fingerprint density at radius 1 is 1.38 bits per heavy atom. The van der Waals surface area contributed by atoms with Gasteiger partial charge in [0.1, 0.15) is 6.04 Å². The molecule has 0 unspecified atom stereocenters. The van der Waals surface area contributed by atoms with Gasteiger partial charge < -0.3 is 5.11 Å². The molecule has 78 valence electrons. The summed E-state index contributed by atoms with van der Waals surface area (Å²) in [5, 5.41) is 8.80. The number of aliphatic carboxylic acids is 1. The van der Waals surface area contributed by atoms with Gasteiger partial charge in [0.25, 0.3) is 0 Å². The normalized spacial score (nSPS) is 14.6. The van der Waals surface area contributed by atoms with Crippen molar-refractivity contribution >= 4 is 5.97 Å². The predicted octanol–water partition coefficient (Wildman–Crippen LogP) is 1.42. The Balaban J connectivity index is 4.06. The monoisotopic (exact) mass is 189 g/mol. The molecule has 0 rings (SSSR count). The molecular formula is C9H19NO3. The first-order chi connectivity index (χ1) is 5.74. The van der Waals surface area contributed by atoms with Gasteiger partial charge in [0.05, 0.1) is 5.60 Å². The highest BCUT2D eigenvalue weighted by Gasteiger charge is 2.23. The van der Waals surface area contributed by atoms with Crippen LogP contribution in [0.15, 0.2) is 0 Å². The number of carboxylic acids is 1. The summed E-state index contributed by atoms with van der Waals surface area (Å²) in [6, 6.07) is -0.653. The summed E-state index contributed by atoms with van der Waals surface area (Å²) >= 11 is 0. The predicted molar refractivity (Wildman–Crippen MR) is 50.2 cm³/mol. The molecule has 0 aliphatic heterocycles. The summed E-state index contributed by atoms with van der Waals surface area (Å²) in [5.41, 5.74) is 2.19. The van der Waals surface area contributed by atoms with Gasteiger partial charge in [-0.15, -0.1) is 0 Å². The topological polar surface area (TPSA) is 58.6 Å². The Morgan fingerprint density at radius 2 is 1.85 bits per heavy atom. The summed E-state index contributed by atoms with van der Waals surface area (Å²) in [4.78, 5) is 15.9. The summed E-state index contributed by atoms with van der Waals surface area (Å²) in [5.74, 6) is -0.890. The summed E-state index contributed by atoms with van der Waals surface area (Å²) < 4.78 is 0. The van der Waals surface area contributed by atoms with E-state index in [1.807, 2.05) is 34.6 Å². The van der Waals surface area contributed by atoms with Gasteiger partial charge >= 0.3 is 5.97 Å². The summed E-state index contributed by atoms with van der Waals surface area (Å²) in [6.07, 6.45) is 0. The molecule has 2 N–H and O–H groups in total. The van der Waals surface area contributed by atoms with Crippen LogP contribution in [0.1, 0.15) is 34.6 Å². The Labute approximate surface area is 79.2 Å². The fourth-order valence-corrected chi connectivity index (χ4v) is 0.712. The zero-order valence-electron chi connectivity index (χ0n) is 8.92. The van der Waals surface area contributed by atoms with E-state index in [1.54, 1.807) is 0 Å². The van der Waals surface area contributed by atoms with E-state index in [-0.39, 0.29) is 11.5 Å². The highest BCUT2D eigenvalue weighted by Crippen LogP contribution is 2.07. The van der Waals surface area contributed by atoms with Crippen LogP contribution in [0.4, 0.5) is 0 Å². The van der Waals surface area contributed by atoms with Crippen LogP contribution in [0.5, 0.6) is 0 Å². The van der Waals surface area contributed by atoms with Crippen molar-refractivity contribution < 1.29 is 14.7 Å². The number of hydrogen-bond acceptors (Lipinski definition) is 3. The van der Waals surface area contributed by atoms with E-state index in [1.165, 1.54) is 0 Å². The smallest absolute Gasteiger partial charge is 0.323 e. The minimum atomic E-state index is -0.890. The fraction of sp³-hybridized carbons (Fsp3) is 0.889. The standard InChI is InChI=1S/C9H19NO3/c1-6(2)7(8(11)12)10-13-9(3,4)5/h6-7,10H,1-5H3,(H,11,12)/t7-/m0/s1.